The standard InChI is InChI=1S/C7H11NO4/c9-6(10)4-1-2-8-5(3-4)7(11)12/h4-5,8H,1-3H2,(H,9,10)(H,11,12)/t4-,5+/m0/s1. The van der Waals surface area contributed by atoms with Gasteiger partial charge in [-0.05, 0) is 19.4 Å². The first-order chi connectivity index (χ1) is 5.61. The average molecular weight is 173 g/mol. The van der Waals surface area contributed by atoms with Gasteiger partial charge >= 0.3 is 11.9 Å². The third-order valence-corrected chi connectivity index (χ3v) is 2.05. The van der Waals surface area contributed by atoms with Gasteiger partial charge in [0.2, 0.25) is 0 Å². The Kier molecular flexibility index (Phi) is 2.65. The number of carbonyl (C=O) groups is 2. The fraction of sp³-hybridized carbons (Fsp3) is 0.714. The minimum absolute atomic E-state index is 0.185. The smallest absolute Gasteiger partial charge is 0.320 e. The molecule has 2 atom stereocenters. The third-order valence-electron chi connectivity index (χ3n) is 2.05. The van der Waals surface area contributed by atoms with Gasteiger partial charge in [-0.3, -0.25) is 9.59 Å². The molecule has 0 unspecified atom stereocenters. The second-order valence-corrected chi connectivity index (χ2v) is 2.90. The van der Waals surface area contributed by atoms with Gasteiger partial charge in [-0.1, -0.05) is 0 Å². The second kappa shape index (κ2) is 3.53. The van der Waals surface area contributed by atoms with Crippen molar-refractivity contribution in [1.82, 2.24) is 5.32 Å². The number of nitrogens with one attached hydrogen (secondary N) is 1. The lowest BCUT2D eigenvalue weighted by atomic mass is 9.93. The molecule has 1 heterocycles. The Morgan fingerprint density at radius 1 is 1.25 bits per heavy atom. The lowest BCUT2D eigenvalue weighted by Gasteiger charge is -2.24. The van der Waals surface area contributed by atoms with Gasteiger partial charge in [0.15, 0.2) is 0 Å². The molecule has 68 valence electrons. The van der Waals surface area contributed by atoms with Crippen molar-refractivity contribution >= 4 is 11.9 Å². The number of hydrogen-bond donors (Lipinski definition) is 3. The molecule has 5 heteroatoms. The summed E-state index contributed by atoms with van der Waals surface area (Å²) in [6.45, 7) is 0.466. The third kappa shape index (κ3) is 1.94. The number of hydrogen-bond acceptors (Lipinski definition) is 3. The molecule has 12 heavy (non-hydrogen) atoms. The highest BCUT2D eigenvalue weighted by molar-refractivity contribution is 5.76. The van der Waals surface area contributed by atoms with Crippen LogP contribution >= 0.6 is 0 Å². The highest BCUT2D eigenvalue weighted by Gasteiger charge is 2.30. The molecule has 1 fully saturated rings. The quantitative estimate of drug-likeness (QED) is 0.525. The van der Waals surface area contributed by atoms with E-state index < -0.39 is 23.9 Å². The van der Waals surface area contributed by atoms with Crippen molar-refractivity contribution < 1.29 is 19.8 Å². The predicted octanol–water partition coefficient (Wildman–Crippen LogP) is -0.476. The summed E-state index contributed by atoms with van der Waals surface area (Å²) >= 11 is 0. The number of piperidine rings is 1. The Labute approximate surface area is 69.4 Å². The molecule has 0 amide bonds. The van der Waals surface area contributed by atoms with E-state index in [4.69, 9.17) is 10.2 Å². The summed E-state index contributed by atoms with van der Waals surface area (Å²) in [5, 5.41) is 19.9. The SMILES string of the molecule is O=C(O)[C@H]1CCN[C@@H](C(=O)O)C1. The van der Waals surface area contributed by atoms with E-state index in [1.54, 1.807) is 0 Å². The largest absolute Gasteiger partial charge is 0.481 e. The molecule has 0 aliphatic carbocycles. The van der Waals surface area contributed by atoms with Crippen molar-refractivity contribution in [3.63, 3.8) is 0 Å². The van der Waals surface area contributed by atoms with Gasteiger partial charge in [0.1, 0.15) is 6.04 Å². The predicted molar refractivity (Wildman–Crippen MR) is 39.8 cm³/mol. The second-order valence-electron chi connectivity index (χ2n) is 2.90. The number of rotatable bonds is 2. The van der Waals surface area contributed by atoms with E-state index in [-0.39, 0.29) is 6.42 Å². The van der Waals surface area contributed by atoms with Crippen LogP contribution in [-0.2, 0) is 9.59 Å². The molecule has 3 N–H and O–H groups in total. The van der Waals surface area contributed by atoms with Crippen molar-refractivity contribution in [1.29, 1.82) is 0 Å². The highest BCUT2D eigenvalue weighted by atomic mass is 16.4. The molecule has 5 nitrogen and oxygen atoms in total. The maximum Gasteiger partial charge on any atom is 0.320 e. The van der Waals surface area contributed by atoms with Crippen LogP contribution in [0.2, 0.25) is 0 Å². The van der Waals surface area contributed by atoms with Crippen LogP contribution in [0, 0.1) is 5.92 Å². The average Bonchev–Trinajstić information content (AvgIpc) is 2.04. The Morgan fingerprint density at radius 2 is 1.92 bits per heavy atom. The van der Waals surface area contributed by atoms with Gasteiger partial charge in [-0.2, -0.15) is 0 Å². The van der Waals surface area contributed by atoms with E-state index in [9.17, 15) is 9.59 Å². The zero-order valence-electron chi connectivity index (χ0n) is 6.49. The van der Waals surface area contributed by atoms with Crippen LogP contribution in [0.15, 0.2) is 0 Å². The summed E-state index contributed by atoms with van der Waals surface area (Å²) in [5.74, 6) is -2.38. The molecule has 0 spiro atoms. The van der Waals surface area contributed by atoms with Gasteiger partial charge < -0.3 is 15.5 Å². The first-order valence-electron chi connectivity index (χ1n) is 3.80. The number of carboxylic acids is 2. The van der Waals surface area contributed by atoms with E-state index in [0.717, 1.165) is 0 Å². The van der Waals surface area contributed by atoms with Crippen molar-refractivity contribution in [3.05, 3.63) is 0 Å². The van der Waals surface area contributed by atoms with Crippen LogP contribution in [-0.4, -0.2) is 34.7 Å². The lowest BCUT2D eigenvalue weighted by molar-refractivity contribution is -0.145. The summed E-state index contributed by atoms with van der Waals surface area (Å²) in [6.07, 6.45) is 0.698. The van der Waals surface area contributed by atoms with Crippen LogP contribution in [0.3, 0.4) is 0 Å². The Bertz CT molecular complexity index is 184. The summed E-state index contributed by atoms with van der Waals surface area (Å²) < 4.78 is 0. The van der Waals surface area contributed by atoms with Crippen LogP contribution in [0.1, 0.15) is 12.8 Å². The molecule has 0 aromatic rings. The fourth-order valence-corrected chi connectivity index (χ4v) is 1.33. The lowest BCUT2D eigenvalue weighted by Crippen LogP contribution is -2.45. The monoisotopic (exact) mass is 173 g/mol. The van der Waals surface area contributed by atoms with Gasteiger partial charge in [0.25, 0.3) is 0 Å². The summed E-state index contributed by atoms with van der Waals surface area (Å²) in [7, 11) is 0. The molecule has 1 aliphatic rings. The van der Waals surface area contributed by atoms with Crippen molar-refractivity contribution in [2.75, 3.05) is 6.54 Å². The minimum atomic E-state index is -0.971. The fourth-order valence-electron chi connectivity index (χ4n) is 1.33. The van der Waals surface area contributed by atoms with Gasteiger partial charge in [0.05, 0.1) is 5.92 Å². The number of carboxylic acid groups (broad SMARTS) is 2. The molecule has 1 saturated heterocycles. The summed E-state index contributed by atoms with van der Waals surface area (Å²) in [4.78, 5) is 21.0. The maximum absolute atomic E-state index is 10.5. The van der Waals surface area contributed by atoms with Gasteiger partial charge in [-0.25, -0.2) is 0 Å². The van der Waals surface area contributed by atoms with Crippen LogP contribution in [0.4, 0.5) is 0 Å². The van der Waals surface area contributed by atoms with E-state index in [1.807, 2.05) is 0 Å². The molecule has 1 rings (SSSR count). The van der Waals surface area contributed by atoms with E-state index in [2.05, 4.69) is 5.32 Å². The van der Waals surface area contributed by atoms with Crippen molar-refractivity contribution in [2.45, 2.75) is 18.9 Å². The first-order valence-corrected chi connectivity index (χ1v) is 3.80. The van der Waals surface area contributed by atoms with Crippen LogP contribution in [0.5, 0.6) is 0 Å². The van der Waals surface area contributed by atoms with Crippen LogP contribution < -0.4 is 5.32 Å². The molecule has 0 radical (unpaired) electrons. The molecule has 0 saturated carbocycles. The van der Waals surface area contributed by atoms with Crippen LogP contribution in [0.25, 0.3) is 0 Å². The molecular formula is C7H11NO4. The van der Waals surface area contributed by atoms with Gasteiger partial charge in [0, 0.05) is 0 Å². The van der Waals surface area contributed by atoms with E-state index >= 15 is 0 Å². The highest BCUT2D eigenvalue weighted by Crippen LogP contribution is 2.16. The first kappa shape index (κ1) is 8.99. The van der Waals surface area contributed by atoms with E-state index in [1.165, 1.54) is 0 Å². The molecular weight excluding hydrogens is 162 g/mol. The van der Waals surface area contributed by atoms with Crippen molar-refractivity contribution in [2.24, 2.45) is 5.92 Å². The Balaban J connectivity index is 2.51. The van der Waals surface area contributed by atoms with Gasteiger partial charge in [-0.15, -0.1) is 0 Å². The molecule has 1 aliphatic heterocycles. The Morgan fingerprint density at radius 3 is 2.42 bits per heavy atom. The number of aliphatic carboxylic acids is 2. The zero-order chi connectivity index (χ0) is 9.14. The summed E-state index contributed by atoms with van der Waals surface area (Å²) in [6, 6.07) is -0.695. The van der Waals surface area contributed by atoms with Crippen molar-refractivity contribution in [3.8, 4) is 0 Å². The normalized spacial score (nSPS) is 29.7. The molecule has 0 aromatic heterocycles. The maximum atomic E-state index is 10.5. The molecule has 0 bridgehead atoms. The Hall–Kier alpha value is -1.10. The minimum Gasteiger partial charge on any atom is -0.481 e. The summed E-state index contributed by atoms with van der Waals surface area (Å²) in [5.41, 5.74) is 0. The molecule has 0 aromatic carbocycles. The van der Waals surface area contributed by atoms with E-state index in [0.29, 0.717) is 13.0 Å². The zero-order valence-corrected chi connectivity index (χ0v) is 6.49. The topological polar surface area (TPSA) is 86.6 Å².